The predicted octanol–water partition coefficient (Wildman–Crippen LogP) is 1.88. The number of aromatic nitrogens is 3. The molecule has 0 atom stereocenters. The highest BCUT2D eigenvalue weighted by Gasteiger charge is 2.14. The quantitative estimate of drug-likeness (QED) is 0.659. The third kappa shape index (κ3) is 2.15. The second-order valence-corrected chi connectivity index (χ2v) is 4.17. The standard InChI is InChI=1S/C11H13N5O2/c1-7(2)8-5-6-15(14-8)10-4-3-9(16(17)18)11(12)13-10/h3-7H,1-2H3,(H2,12,13). The average molecular weight is 247 g/mol. The van der Waals surface area contributed by atoms with Crippen LogP contribution in [0.15, 0.2) is 24.4 Å². The van der Waals surface area contributed by atoms with Crippen molar-refractivity contribution >= 4 is 11.5 Å². The van der Waals surface area contributed by atoms with Crippen molar-refractivity contribution in [2.45, 2.75) is 19.8 Å². The first-order chi connectivity index (χ1) is 8.49. The van der Waals surface area contributed by atoms with E-state index >= 15 is 0 Å². The highest BCUT2D eigenvalue weighted by Crippen LogP contribution is 2.20. The van der Waals surface area contributed by atoms with Crippen LogP contribution >= 0.6 is 0 Å². The third-order valence-electron chi connectivity index (χ3n) is 2.52. The molecule has 0 bridgehead atoms. The van der Waals surface area contributed by atoms with Crippen LogP contribution in [0.1, 0.15) is 25.5 Å². The molecule has 0 aliphatic carbocycles. The van der Waals surface area contributed by atoms with Crippen molar-refractivity contribution in [1.82, 2.24) is 14.8 Å². The molecule has 18 heavy (non-hydrogen) atoms. The van der Waals surface area contributed by atoms with E-state index in [1.807, 2.05) is 19.9 Å². The van der Waals surface area contributed by atoms with E-state index in [0.717, 1.165) is 5.69 Å². The van der Waals surface area contributed by atoms with Gasteiger partial charge in [-0.05, 0) is 18.1 Å². The molecule has 7 nitrogen and oxygen atoms in total. The van der Waals surface area contributed by atoms with E-state index in [1.54, 1.807) is 10.9 Å². The van der Waals surface area contributed by atoms with Gasteiger partial charge in [-0.2, -0.15) is 5.10 Å². The van der Waals surface area contributed by atoms with E-state index in [9.17, 15) is 10.1 Å². The van der Waals surface area contributed by atoms with Crippen molar-refractivity contribution < 1.29 is 4.92 Å². The minimum Gasteiger partial charge on any atom is -0.378 e. The predicted molar refractivity (Wildman–Crippen MR) is 66.5 cm³/mol. The van der Waals surface area contributed by atoms with Crippen LogP contribution in [0, 0.1) is 10.1 Å². The maximum Gasteiger partial charge on any atom is 0.311 e. The summed E-state index contributed by atoms with van der Waals surface area (Å²) in [6.45, 7) is 4.06. The Labute approximate surface area is 103 Å². The Morgan fingerprint density at radius 1 is 1.39 bits per heavy atom. The van der Waals surface area contributed by atoms with Crippen LogP contribution < -0.4 is 5.73 Å². The zero-order chi connectivity index (χ0) is 13.3. The van der Waals surface area contributed by atoms with E-state index < -0.39 is 4.92 Å². The van der Waals surface area contributed by atoms with Crippen LogP contribution in [0.3, 0.4) is 0 Å². The fourth-order valence-corrected chi connectivity index (χ4v) is 1.51. The van der Waals surface area contributed by atoms with E-state index in [4.69, 9.17) is 5.73 Å². The Kier molecular flexibility index (Phi) is 2.97. The first-order valence-corrected chi connectivity index (χ1v) is 5.46. The molecule has 0 radical (unpaired) electrons. The number of rotatable bonds is 3. The second-order valence-electron chi connectivity index (χ2n) is 4.17. The number of nitrogens with zero attached hydrogens (tertiary/aromatic N) is 4. The molecule has 2 rings (SSSR count). The van der Waals surface area contributed by atoms with Crippen LogP contribution in [-0.2, 0) is 0 Å². The Morgan fingerprint density at radius 3 is 2.61 bits per heavy atom. The molecule has 0 amide bonds. The molecule has 0 fully saturated rings. The van der Waals surface area contributed by atoms with Crippen LogP contribution in [0.25, 0.3) is 5.82 Å². The minimum atomic E-state index is -0.561. The normalized spacial score (nSPS) is 10.8. The fraction of sp³-hybridized carbons (Fsp3) is 0.273. The monoisotopic (exact) mass is 247 g/mol. The van der Waals surface area contributed by atoms with Gasteiger partial charge in [0.1, 0.15) is 0 Å². The van der Waals surface area contributed by atoms with E-state index in [2.05, 4.69) is 10.1 Å². The van der Waals surface area contributed by atoms with Crippen molar-refractivity contribution in [3.8, 4) is 5.82 Å². The fourth-order valence-electron chi connectivity index (χ4n) is 1.51. The molecule has 7 heteroatoms. The molecule has 94 valence electrons. The van der Waals surface area contributed by atoms with Crippen LogP contribution in [0.5, 0.6) is 0 Å². The number of hydrogen-bond donors (Lipinski definition) is 1. The largest absolute Gasteiger partial charge is 0.378 e. The number of nitrogen functional groups attached to an aromatic ring is 1. The summed E-state index contributed by atoms with van der Waals surface area (Å²) in [4.78, 5) is 14.0. The molecule has 0 spiro atoms. The number of anilines is 1. The molecule has 0 aromatic carbocycles. The van der Waals surface area contributed by atoms with Gasteiger partial charge in [0, 0.05) is 12.3 Å². The Balaban J connectivity index is 2.39. The molecule has 0 saturated heterocycles. The van der Waals surface area contributed by atoms with Crippen molar-refractivity contribution in [1.29, 1.82) is 0 Å². The summed E-state index contributed by atoms with van der Waals surface area (Å²) in [5, 5.41) is 15.0. The molecular weight excluding hydrogens is 234 g/mol. The molecule has 2 aromatic rings. The van der Waals surface area contributed by atoms with Gasteiger partial charge in [-0.1, -0.05) is 13.8 Å². The van der Waals surface area contributed by atoms with Gasteiger partial charge in [-0.25, -0.2) is 9.67 Å². The van der Waals surface area contributed by atoms with Crippen molar-refractivity contribution in [3.63, 3.8) is 0 Å². The molecule has 0 saturated carbocycles. The summed E-state index contributed by atoms with van der Waals surface area (Å²) in [5.74, 6) is 0.658. The molecule has 0 aliphatic heterocycles. The molecule has 2 heterocycles. The first kappa shape index (κ1) is 12.0. The van der Waals surface area contributed by atoms with Gasteiger partial charge >= 0.3 is 5.69 Å². The van der Waals surface area contributed by atoms with Crippen LogP contribution in [-0.4, -0.2) is 19.7 Å². The van der Waals surface area contributed by atoms with E-state index in [1.165, 1.54) is 12.1 Å². The molecular formula is C11H13N5O2. The van der Waals surface area contributed by atoms with E-state index in [0.29, 0.717) is 11.7 Å². The summed E-state index contributed by atoms with van der Waals surface area (Å²) in [6.07, 6.45) is 1.75. The molecule has 2 N–H and O–H groups in total. The summed E-state index contributed by atoms with van der Waals surface area (Å²) in [6, 6.07) is 4.73. The van der Waals surface area contributed by atoms with Crippen molar-refractivity contribution in [3.05, 3.63) is 40.2 Å². The SMILES string of the molecule is CC(C)c1ccn(-c2ccc([N+](=O)[O-])c(N)n2)n1. The second kappa shape index (κ2) is 4.44. The van der Waals surface area contributed by atoms with Gasteiger partial charge < -0.3 is 5.73 Å². The lowest BCUT2D eigenvalue weighted by Gasteiger charge is -2.03. The summed E-state index contributed by atoms with van der Waals surface area (Å²) in [5.41, 5.74) is 6.26. The molecule has 2 aromatic heterocycles. The molecule has 0 unspecified atom stereocenters. The number of hydrogen-bond acceptors (Lipinski definition) is 5. The van der Waals surface area contributed by atoms with Gasteiger partial charge in [-0.3, -0.25) is 10.1 Å². The van der Waals surface area contributed by atoms with Crippen LogP contribution in [0.4, 0.5) is 11.5 Å². The maximum absolute atomic E-state index is 10.6. The van der Waals surface area contributed by atoms with E-state index in [-0.39, 0.29) is 11.5 Å². The Hall–Kier alpha value is -2.44. The number of nitrogens with two attached hydrogens (primary N) is 1. The third-order valence-corrected chi connectivity index (χ3v) is 2.52. The topological polar surface area (TPSA) is 99.9 Å². The van der Waals surface area contributed by atoms with Gasteiger partial charge in [-0.15, -0.1) is 0 Å². The first-order valence-electron chi connectivity index (χ1n) is 5.46. The average Bonchev–Trinajstić information content (AvgIpc) is 2.77. The lowest BCUT2D eigenvalue weighted by Crippen LogP contribution is -2.04. The van der Waals surface area contributed by atoms with Gasteiger partial charge in [0.15, 0.2) is 5.82 Å². The Morgan fingerprint density at radius 2 is 2.11 bits per heavy atom. The highest BCUT2D eigenvalue weighted by atomic mass is 16.6. The highest BCUT2D eigenvalue weighted by molar-refractivity contribution is 5.54. The molecule has 0 aliphatic rings. The lowest BCUT2D eigenvalue weighted by molar-refractivity contribution is -0.384. The minimum absolute atomic E-state index is 0.112. The maximum atomic E-state index is 10.6. The Bertz CT molecular complexity index is 591. The number of pyridine rings is 1. The summed E-state index contributed by atoms with van der Waals surface area (Å²) >= 11 is 0. The zero-order valence-electron chi connectivity index (χ0n) is 10.1. The van der Waals surface area contributed by atoms with Crippen molar-refractivity contribution in [2.24, 2.45) is 0 Å². The summed E-state index contributed by atoms with van der Waals surface area (Å²) in [7, 11) is 0. The van der Waals surface area contributed by atoms with Crippen LogP contribution in [0.2, 0.25) is 0 Å². The number of nitro groups is 1. The van der Waals surface area contributed by atoms with Crippen molar-refractivity contribution in [2.75, 3.05) is 5.73 Å². The van der Waals surface area contributed by atoms with Gasteiger partial charge in [0.2, 0.25) is 5.82 Å². The van der Waals surface area contributed by atoms with Gasteiger partial charge in [0.25, 0.3) is 0 Å². The smallest absolute Gasteiger partial charge is 0.311 e. The lowest BCUT2D eigenvalue weighted by atomic mass is 10.1. The van der Waals surface area contributed by atoms with Gasteiger partial charge in [0.05, 0.1) is 10.6 Å². The zero-order valence-corrected chi connectivity index (χ0v) is 10.1. The summed E-state index contributed by atoms with van der Waals surface area (Å²) < 4.78 is 1.55.